The number of benzene rings is 2. The standard InChI is InChI=1S/C23H28FN5O2/c1-31-20-7-4-6-19(15-20)28-13-11-27(12-14-28)10-9-22-25-26-23(17-30)29(22)16-18-5-2-3-8-21(18)24/h2-8,15,17,23,26H,9-14,16H2,1H3. The second-order valence-corrected chi connectivity index (χ2v) is 7.74. The first kappa shape index (κ1) is 21.1. The number of nitrogens with one attached hydrogen (secondary N) is 1. The van der Waals surface area contributed by atoms with Crippen molar-refractivity contribution in [3.8, 4) is 5.75 Å². The number of hydrogen-bond acceptors (Lipinski definition) is 7. The van der Waals surface area contributed by atoms with E-state index in [1.807, 2.05) is 17.0 Å². The van der Waals surface area contributed by atoms with E-state index in [2.05, 4.69) is 32.5 Å². The van der Waals surface area contributed by atoms with Gasteiger partial charge < -0.3 is 14.5 Å². The van der Waals surface area contributed by atoms with Gasteiger partial charge in [-0.1, -0.05) is 24.3 Å². The fraction of sp³-hybridized carbons (Fsp3) is 0.391. The predicted octanol–water partition coefficient (Wildman–Crippen LogP) is 2.29. The van der Waals surface area contributed by atoms with Gasteiger partial charge in [0.1, 0.15) is 17.4 Å². The molecule has 0 aliphatic carbocycles. The number of hydrogen-bond donors (Lipinski definition) is 1. The zero-order valence-corrected chi connectivity index (χ0v) is 17.7. The number of carbonyl (C=O) groups excluding carboxylic acids is 1. The van der Waals surface area contributed by atoms with Gasteiger partial charge in [0, 0.05) is 63.0 Å². The molecule has 0 saturated carbocycles. The molecular formula is C23H28FN5O2. The average molecular weight is 426 g/mol. The van der Waals surface area contributed by atoms with E-state index in [1.165, 1.54) is 11.8 Å². The van der Waals surface area contributed by atoms with Crippen LogP contribution >= 0.6 is 0 Å². The summed E-state index contributed by atoms with van der Waals surface area (Å²) in [6.07, 6.45) is 0.953. The molecule has 2 heterocycles. The maximum atomic E-state index is 14.1. The van der Waals surface area contributed by atoms with Gasteiger partial charge in [-0.25, -0.2) is 4.39 Å². The summed E-state index contributed by atoms with van der Waals surface area (Å²) in [7, 11) is 1.68. The first-order valence-electron chi connectivity index (χ1n) is 10.6. The van der Waals surface area contributed by atoms with Crippen LogP contribution in [0.2, 0.25) is 0 Å². The minimum atomic E-state index is -0.556. The van der Waals surface area contributed by atoms with Gasteiger partial charge in [-0.3, -0.25) is 15.1 Å². The molecule has 0 aromatic heterocycles. The van der Waals surface area contributed by atoms with Gasteiger partial charge in [0.2, 0.25) is 0 Å². The quantitative estimate of drug-likeness (QED) is 0.655. The summed E-state index contributed by atoms with van der Waals surface area (Å²) in [6, 6.07) is 14.8. The Balaban J connectivity index is 1.31. The van der Waals surface area contributed by atoms with E-state index in [4.69, 9.17) is 4.74 Å². The lowest BCUT2D eigenvalue weighted by molar-refractivity contribution is -0.111. The zero-order valence-electron chi connectivity index (χ0n) is 17.7. The summed E-state index contributed by atoms with van der Waals surface area (Å²) < 4.78 is 19.4. The van der Waals surface area contributed by atoms with E-state index in [0.29, 0.717) is 18.5 Å². The van der Waals surface area contributed by atoms with Crippen molar-refractivity contribution in [1.82, 2.24) is 15.2 Å². The number of anilines is 1. The topological polar surface area (TPSA) is 60.4 Å². The Morgan fingerprint density at radius 3 is 2.71 bits per heavy atom. The predicted molar refractivity (Wildman–Crippen MR) is 119 cm³/mol. The normalized spacial score (nSPS) is 19.2. The average Bonchev–Trinajstić information content (AvgIpc) is 3.21. The van der Waals surface area contributed by atoms with Crippen molar-refractivity contribution >= 4 is 17.8 Å². The molecule has 2 aromatic carbocycles. The summed E-state index contributed by atoms with van der Waals surface area (Å²) >= 11 is 0. The smallest absolute Gasteiger partial charge is 0.173 e. The second-order valence-electron chi connectivity index (χ2n) is 7.74. The fourth-order valence-corrected chi connectivity index (χ4v) is 4.03. The number of rotatable bonds is 8. The van der Waals surface area contributed by atoms with Crippen molar-refractivity contribution in [1.29, 1.82) is 0 Å². The highest BCUT2D eigenvalue weighted by Gasteiger charge is 2.28. The van der Waals surface area contributed by atoms with Crippen LogP contribution in [-0.4, -0.2) is 67.9 Å². The SMILES string of the molecule is COc1cccc(N2CCN(CCC3=NNC(C=O)N3Cc3ccccc3F)CC2)c1. The van der Waals surface area contributed by atoms with Gasteiger partial charge in [-0.15, -0.1) is 0 Å². The molecule has 1 fully saturated rings. The van der Waals surface area contributed by atoms with Crippen LogP contribution in [0.15, 0.2) is 53.6 Å². The van der Waals surface area contributed by atoms with Crippen molar-refractivity contribution in [2.45, 2.75) is 19.1 Å². The van der Waals surface area contributed by atoms with E-state index in [1.54, 1.807) is 25.3 Å². The van der Waals surface area contributed by atoms with E-state index < -0.39 is 6.17 Å². The Morgan fingerprint density at radius 2 is 1.97 bits per heavy atom. The number of amidine groups is 1. The maximum Gasteiger partial charge on any atom is 0.173 e. The van der Waals surface area contributed by atoms with E-state index >= 15 is 0 Å². The third-order valence-electron chi connectivity index (χ3n) is 5.86. The number of hydrazone groups is 1. The number of aldehydes is 1. The molecular weight excluding hydrogens is 397 g/mol. The van der Waals surface area contributed by atoms with Crippen molar-refractivity contribution in [3.05, 3.63) is 59.9 Å². The molecule has 0 radical (unpaired) electrons. The second kappa shape index (κ2) is 9.78. The lowest BCUT2D eigenvalue weighted by Crippen LogP contribution is -2.47. The summed E-state index contributed by atoms with van der Waals surface area (Å²) in [4.78, 5) is 18.1. The Morgan fingerprint density at radius 1 is 1.16 bits per heavy atom. The lowest BCUT2D eigenvalue weighted by atomic mass is 10.1. The van der Waals surface area contributed by atoms with E-state index in [9.17, 15) is 9.18 Å². The molecule has 4 rings (SSSR count). The minimum Gasteiger partial charge on any atom is -0.497 e. The van der Waals surface area contributed by atoms with Crippen LogP contribution in [0, 0.1) is 5.82 Å². The zero-order chi connectivity index (χ0) is 21.6. The van der Waals surface area contributed by atoms with Gasteiger partial charge >= 0.3 is 0 Å². The monoisotopic (exact) mass is 425 g/mol. The first-order chi connectivity index (χ1) is 15.2. The Labute approximate surface area is 182 Å². The summed E-state index contributed by atoms with van der Waals surface area (Å²) in [5, 5.41) is 4.35. The molecule has 0 spiro atoms. The Kier molecular flexibility index (Phi) is 6.66. The van der Waals surface area contributed by atoms with Crippen LogP contribution in [0.3, 0.4) is 0 Å². The molecule has 8 heteroatoms. The van der Waals surface area contributed by atoms with Crippen LogP contribution in [-0.2, 0) is 11.3 Å². The largest absolute Gasteiger partial charge is 0.497 e. The van der Waals surface area contributed by atoms with Crippen molar-refractivity contribution in [2.75, 3.05) is 44.7 Å². The van der Waals surface area contributed by atoms with Crippen molar-refractivity contribution in [2.24, 2.45) is 5.10 Å². The van der Waals surface area contributed by atoms with Crippen LogP contribution in [0.1, 0.15) is 12.0 Å². The first-order valence-corrected chi connectivity index (χ1v) is 10.6. The molecule has 1 N–H and O–H groups in total. The van der Waals surface area contributed by atoms with Gasteiger partial charge in [-0.2, -0.15) is 5.10 Å². The molecule has 2 aromatic rings. The number of halogens is 1. The fourth-order valence-electron chi connectivity index (χ4n) is 4.03. The highest BCUT2D eigenvalue weighted by Crippen LogP contribution is 2.22. The van der Waals surface area contributed by atoms with Crippen molar-refractivity contribution in [3.63, 3.8) is 0 Å². The number of nitrogens with zero attached hydrogens (tertiary/aromatic N) is 4. The molecule has 0 bridgehead atoms. The van der Waals surface area contributed by atoms with E-state index in [-0.39, 0.29) is 5.82 Å². The molecule has 0 amide bonds. The molecule has 1 atom stereocenters. The van der Waals surface area contributed by atoms with E-state index in [0.717, 1.165) is 50.6 Å². The number of ether oxygens (including phenoxy) is 1. The number of piperazine rings is 1. The molecule has 1 unspecified atom stereocenters. The van der Waals surface area contributed by atoms with Gasteiger partial charge in [0.05, 0.1) is 7.11 Å². The van der Waals surface area contributed by atoms with Crippen LogP contribution in [0.25, 0.3) is 0 Å². The summed E-state index contributed by atoms with van der Waals surface area (Å²) in [6.45, 7) is 4.92. The molecule has 164 valence electrons. The van der Waals surface area contributed by atoms with Gasteiger partial charge in [0.15, 0.2) is 12.5 Å². The molecule has 31 heavy (non-hydrogen) atoms. The summed E-state index contributed by atoms with van der Waals surface area (Å²) in [5.41, 5.74) is 4.59. The highest BCUT2D eigenvalue weighted by atomic mass is 19.1. The van der Waals surface area contributed by atoms with Gasteiger partial charge in [-0.05, 0) is 18.2 Å². The number of carbonyl (C=O) groups is 1. The number of methoxy groups -OCH3 is 1. The Hall–Kier alpha value is -3.13. The third-order valence-corrected chi connectivity index (χ3v) is 5.86. The van der Waals surface area contributed by atoms with Gasteiger partial charge in [0.25, 0.3) is 0 Å². The summed E-state index contributed by atoms with van der Waals surface area (Å²) in [5.74, 6) is 1.38. The molecule has 1 saturated heterocycles. The Bertz CT molecular complexity index is 930. The molecule has 2 aliphatic rings. The minimum absolute atomic E-state index is 0.271. The lowest BCUT2D eigenvalue weighted by Gasteiger charge is -2.36. The third kappa shape index (κ3) is 4.96. The molecule has 2 aliphatic heterocycles. The highest BCUT2D eigenvalue weighted by molar-refractivity contribution is 5.86. The maximum absolute atomic E-state index is 14.1. The van der Waals surface area contributed by atoms with Crippen molar-refractivity contribution < 1.29 is 13.9 Å². The van der Waals surface area contributed by atoms with Crippen LogP contribution < -0.4 is 15.1 Å². The van der Waals surface area contributed by atoms with Crippen LogP contribution in [0.5, 0.6) is 5.75 Å². The van der Waals surface area contributed by atoms with Crippen LogP contribution in [0.4, 0.5) is 10.1 Å². The molecule has 7 nitrogen and oxygen atoms in total.